The number of aryl methyl sites for hydroxylation is 2. The van der Waals surface area contributed by atoms with Gasteiger partial charge in [0.15, 0.2) is 5.43 Å². The summed E-state index contributed by atoms with van der Waals surface area (Å²) >= 11 is 0. The molecule has 2 heterocycles. The second-order valence-corrected chi connectivity index (χ2v) is 8.06. The average Bonchev–Trinajstić information content (AvgIpc) is 3.04. The number of rotatable bonds is 7. The molecule has 5 heteroatoms. The number of nitrogens with zero attached hydrogens (tertiary/aromatic N) is 1. The van der Waals surface area contributed by atoms with Gasteiger partial charge in [0.05, 0.1) is 17.0 Å². The lowest BCUT2D eigenvalue weighted by Crippen LogP contribution is -2.30. The Kier molecular flexibility index (Phi) is 5.68. The summed E-state index contributed by atoms with van der Waals surface area (Å²) in [6.07, 6.45) is 3.46. The smallest absolute Gasteiger partial charge is 0.290 e. The maximum atomic E-state index is 13.6. The first kappa shape index (κ1) is 20.9. The number of amides is 1. The van der Waals surface area contributed by atoms with Crippen molar-refractivity contribution < 1.29 is 13.9 Å². The second kappa shape index (κ2) is 8.42. The number of carbonyl (C=O) groups is 1. The van der Waals surface area contributed by atoms with Gasteiger partial charge in [0.1, 0.15) is 17.9 Å². The number of ether oxygens (including phenoxy) is 1. The van der Waals surface area contributed by atoms with E-state index in [9.17, 15) is 9.59 Å². The van der Waals surface area contributed by atoms with Gasteiger partial charge in [0.2, 0.25) is 5.76 Å². The van der Waals surface area contributed by atoms with E-state index in [1.165, 1.54) is 0 Å². The standard InChI is InChI=1S/C26H27NO4/c1-5-7-11-27-22(18-9-8-10-19(15-18)30-12-6-2)21-23(28)20-14-16(3)13-17(4)24(20)31-25(21)26(27)29/h6,8-10,13-15,22H,2,5,7,11-12H2,1,3-4H3. The van der Waals surface area contributed by atoms with Gasteiger partial charge < -0.3 is 14.1 Å². The van der Waals surface area contributed by atoms with Gasteiger partial charge in [-0.2, -0.15) is 0 Å². The number of fused-ring (bicyclic) bond motifs is 2. The molecule has 1 unspecified atom stereocenters. The molecule has 5 nitrogen and oxygen atoms in total. The molecule has 4 rings (SSSR count). The van der Waals surface area contributed by atoms with Crippen molar-refractivity contribution in [1.29, 1.82) is 0 Å². The van der Waals surface area contributed by atoms with Gasteiger partial charge in [0.25, 0.3) is 5.91 Å². The highest BCUT2D eigenvalue weighted by Crippen LogP contribution is 2.39. The average molecular weight is 418 g/mol. The van der Waals surface area contributed by atoms with E-state index in [-0.39, 0.29) is 17.1 Å². The molecule has 0 N–H and O–H groups in total. The first-order valence-electron chi connectivity index (χ1n) is 10.7. The molecule has 31 heavy (non-hydrogen) atoms. The molecule has 1 aliphatic heterocycles. The third kappa shape index (κ3) is 3.65. The van der Waals surface area contributed by atoms with Gasteiger partial charge in [-0.25, -0.2) is 0 Å². The SMILES string of the molecule is C=CCOc1cccc(C2c3c(oc4c(C)cc(C)cc4c3=O)C(=O)N2CCCC)c1. The van der Waals surface area contributed by atoms with Crippen molar-refractivity contribution in [1.82, 2.24) is 4.90 Å². The fraction of sp³-hybridized carbons (Fsp3) is 0.308. The summed E-state index contributed by atoms with van der Waals surface area (Å²) < 4.78 is 11.8. The van der Waals surface area contributed by atoms with Crippen LogP contribution in [0.4, 0.5) is 0 Å². The fourth-order valence-corrected chi connectivity index (χ4v) is 4.31. The minimum absolute atomic E-state index is 0.141. The van der Waals surface area contributed by atoms with E-state index < -0.39 is 6.04 Å². The molecular weight excluding hydrogens is 390 g/mol. The molecular formula is C26H27NO4. The Bertz CT molecular complexity index is 1220. The molecule has 0 aliphatic carbocycles. The Morgan fingerprint density at radius 3 is 2.74 bits per heavy atom. The van der Waals surface area contributed by atoms with Crippen LogP contribution in [0, 0.1) is 13.8 Å². The maximum absolute atomic E-state index is 13.6. The Labute approximate surface area is 181 Å². The van der Waals surface area contributed by atoms with E-state index in [2.05, 4.69) is 13.5 Å². The highest BCUT2D eigenvalue weighted by Gasteiger charge is 2.42. The van der Waals surface area contributed by atoms with Crippen LogP contribution < -0.4 is 10.2 Å². The van der Waals surface area contributed by atoms with Crippen molar-refractivity contribution in [3.63, 3.8) is 0 Å². The van der Waals surface area contributed by atoms with Crippen LogP contribution in [0.5, 0.6) is 5.75 Å². The summed E-state index contributed by atoms with van der Waals surface area (Å²) in [5, 5.41) is 0.519. The summed E-state index contributed by atoms with van der Waals surface area (Å²) in [6.45, 7) is 10.6. The van der Waals surface area contributed by atoms with Crippen molar-refractivity contribution >= 4 is 16.9 Å². The van der Waals surface area contributed by atoms with Gasteiger partial charge in [0, 0.05) is 6.54 Å². The lowest BCUT2D eigenvalue weighted by Gasteiger charge is -2.25. The summed E-state index contributed by atoms with van der Waals surface area (Å²) in [5.74, 6) is 0.596. The van der Waals surface area contributed by atoms with Gasteiger partial charge in [-0.15, -0.1) is 0 Å². The molecule has 3 aromatic rings. The Morgan fingerprint density at radius 1 is 1.19 bits per heavy atom. The van der Waals surface area contributed by atoms with Crippen LogP contribution >= 0.6 is 0 Å². The highest BCUT2D eigenvalue weighted by molar-refractivity contribution is 5.99. The van der Waals surface area contributed by atoms with Crippen molar-refractivity contribution in [2.75, 3.05) is 13.2 Å². The Morgan fingerprint density at radius 2 is 2.00 bits per heavy atom. The predicted octanol–water partition coefficient (Wildman–Crippen LogP) is 5.32. The van der Waals surface area contributed by atoms with E-state index in [4.69, 9.17) is 9.15 Å². The van der Waals surface area contributed by atoms with E-state index in [0.29, 0.717) is 35.4 Å². The monoisotopic (exact) mass is 417 g/mol. The van der Waals surface area contributed by atoms with Gasteiger partial charge in [-0.05, 0) is 55.2 Å². The van der Waals surface area contributed by atoms with Crippen molar-refractivity contribution in [2.24, 2.45) is 0 Å². The molecule has 160 valence electrons. The van der Waals surface area contributed by atoms with Crippen molar-refractivity contribution in [2.45, 2.75) is 39.7 Å². The predicted molar refractivity (Wildman–Crippen MR) is 122 cm³/mol. The Hall–Kier alpha value is -3.34. The summed E-state index contributed by atoms with van der Waals surface area (Å²) in [4.78, 5) is 28.8. The fourth-order valence-electron chi connectivity index (χ4n) is 4.31. The minimum atomic E-state index is -0.497. The number of hydrogen-bond donors (Lipinski definition) is 0. The molecule has 1 atom stereocenters. The van der Waals surface area contributed by atoms with E-state index in [0.717, 1.165) is 29.5 Å². The maximum Gasteiger partial charge on any atom is 0.290 e. The summed E-state index contributed by atoms with van der Waals surface area (Å²) in [6, 6.07) is 10.9. The molecule has 0 fully saturated rings. The number of hydrogen-bond acceptors (Lipinski definition) is 4. The molecule has 0 spiro atoms. The van der Waals surface area contributed by atoms with Crippen molar-refractivity contribution in [3.05, 3.63) is 87.3 Å². The second-order valence-electron chi connectivity index (χ2n) is 8.06. The molecule has 2 aromatic carbocycles. The molecule has 0 saturated carbocycles. The zero-order chi connectivity index (χ0) is 22.1. The van der Waals surface area contributed by atoms with Crippen LogP contribution in [0.3, 0.4) is 0 Å². The third-order valence-corrected chi connectivity index (χ3v) is 5.69. The van der Waals surface area contributed by atoms with Gasteiger partial charge in [-0.1, -0.05) is 44.2 Å². The topological polar surface area (TPSA) is 59.8 Å². The lowest BCUT2D eigenvalue weighted by atomic mass is 9.97. The third-order valence-electron chi connectivity index (χ3n) is 5.69. The first-order chi connectivity index (χ1) is 15.0. The normalized spacial score (nSPS) is 15.4. The molecule has 1 aromatic heterocycles. The Balaban J connectivity index is 1.94. The minimum Gasteiger partial charge on any atom is -0.490 e. The van der Waals surface area contributed by atoms with Crippen LogP contribution in [0.2, 0.25) is 0 Å². The van der Waals surface area contributed by atoms with E-state index in [1.54, 1.807) is 11.0 Å². The molecule has 0 bridgehead atoms. The molecule has 1 amide bonds. The summed E-state index contributed by atoms with van der Waals surface area (Å²) in [5.41, 5.74) is 3.44. The molecule has 1 aliphatic rings. The van der Waals surface area contributed by atoms with Crippen LogP contribution in [-0.2, 0) is 0 Å². The van der Waals surface area contributed by atoms with Crippen LogP contribution in [-0.4, -0.2) is 24.0 Å². The van der Waals surface area contributed by atoms with E-state index >= 15 is 0 Å². The van der Waals surface area contributed by atoms with Gasteiger partial charge >= 0.3 is 0 Å². The zero-order valence-electron chi connectivity index (χ0n) is 18.2. The summed E-state index contributed by atoms with van der Waals surface area (Å²) in [7, 11) is 0. The number of unbranched alkanes of at least 4 members (excludes halogenated alkanes) is 1. The van der Waals surface area contributed by atoms with Crippen LogP contribution in [0.1, 0.15) is 58.6 Å². The largest absolute Gasteiger partial charge is 0.490 e. The quantitative estimate of drug-likeness (QED) is 0.488. The molecule has 0 radical (unpaired) electrons. The number of benzene rings is 2. The van der Waals surface area contributed by atoms with Crippen molar-refractivity contribution in [3.8, 4) is 5.75 Å². The molecule has 0 saturated heterocycles. The van der Waals surface area contributed by atoms with E-state index in [1.807, 2.05) is 50.2 Å². The van der Waals surface area contributed by atoms with Gasteiger partial charge in [-0.3, -0.25) is 9.59 Å². The number of carbonyl (C=O) groups excluding carboxylic acids is 1. The lowest BCUT2D eigenvalue weighted by molar-refractivity contribution is 0.0725. The van der Waals surface area contributed by atoms with Crippen LogP contribution in [0.15, 0.2) is 58.3 Å². The zero-order valence-corrected chi connectivity index (χ0v) is 18.2. The first-order valence-corrected chi connectivity index (χ1v) is 10.7. The highest BCUT2D eigenvalue weighted by atomic mass is 16.5. The van der Waals surface area contributed by atoms with Crippen LogP contribution in [0.25, 0.3) is 11.0 Å².